The maximum atomic E-state index is 13.2. The van der Waals surface area contributed by atoms with E-state index in [-0.39, 0.29) is 17.7 Å². The van der Waals surface area contributed by atoms with Crippen LogP contribution in [0, 0.1) is 0 Å². The molecule has 2 aliphatic rings. The Morgan fingerprint density at radius 2 is 1.26 bits per heavy atom. The number of benzene rings is 3. The molecule has 3 aromatic rings. The Bertz CT molecular complexity index is 1280. The molecule has 196 valence electrons. The van der Waals surface area contributed by atoms with E-state index in [0.717, 1.165) is 31.7 Å². The molecule has 0 saturated carbocycles. The number of amides is 3. The summed E-state index contributed by atoms with van der Waals surface area (Å²) in [5, 5.41) is 6.33. The second-order valence-electron chi connectivity index (χ2n) is 9.59. The van der Waals surface area contributed by atoms with E-state index in [0.29, 0.717) is 55.1 Å². The molecule has 0 bridgehead atoms. The molecule has 2 fully saturated rings. The highest BCUT2D eigenvalue weighted by atomic mass is 16.2. The quantitative estimate of drug-likeness (QED) is 0.549. The molecular formula is C30H33N5O3. The van der Waals surface area contributed by atoms with Gasteiger partial charge in [-0.05, 0) is 48.9 Å². The number of carbonyl (C=O) groups is 3. The molecule has 3 aromatic carbocycles. The summed E-state index contributed by atoms with van der Waals surface area (Å²) < 4.78 is 0. The molecule has 0 unspecified atom stereocenters. The minimum absolute atomic E-state index is 0.0296. The molecule has 0 spiro atoms. The topological polar surface area (TPSA) is 85.0 Å². The van der Waals surface area contributed by atoms with Gasteiger partial charge < -0.3 is 25.3 Å². The fourth-order valence-corrected chi connectivity index (χ4v) is 5.00. The molecule has 2 heterocycles. The summed E-state index contributed by atoms with van der Waals surface area (Å²) in [6.45, 7) is 5.45. The lowest BCUT2D eigenvalue weighted by Gasteiger charge is -2.29. The van der Waals surface area contributed by atoms with E-state index in [2.05, 4.69) is 15.5 Å². The molecule has 2 saturated heterocycles. The number of hydrogen-bond acceptors (Lipinski definition) is 5. The van der Waals surface area contributed by atoms with Crippen LogP contribution in [-0.2, 0) is 0 Å². The maximum absolute atomic E-state index is 13.2. The highest BCUT2D eigenvalue weighted by Gasteiger charge is 2.24. The number of nitrogens with zero attached hydrogens (tertiary/aromatic N) is 3. The average Bonchev–Trinajstić information content (AvgIpc) is 3.24. The molecule has 5 rings (SSSR count). The molecule has 2 N–H and O–H groups in total. The van der Waals surface area contributed by atoms with Gasteiger partial charge in [-0.25, -0.2) is 0 Å². The third kappa shape index (κ3) is 5.86. The standard InChI is InChI=1S/C30H33N5O3/c36-28(23-8-3-1-4-9-23)32-26-22-25(30(38)35-18-14-31-15-19-35)12-13-27(26)33-16-7-17-34(21-20-33)29(37)24-10-5-2-6-11-24/h1-6,8-13,22,31H,7,14-21H2,(H,32,36). The smallest absolute Gasteiger partial charge is 0.255 e. The number of nitrogens with one attached hydrogen (secondary N) is 2. The lowest BCUT2D eigenvalue weighted by molar-refractivity contribution is 0.0734. The van der Waals surface area contributed by atoms with E-state index in [4.69, 9.17) is 0 Å². The van der Waals surface area contributed by atoms with Gasteiger partial charge in [0.15, 0.2) is 0 Å². The van der Waals surface area contributed by atoms with Gasteiger partial charge >= 0.3 is 0 Å². The van der Waals surface area contributed by atoms with E-state index in [1.54, 1.807) is 18.2 Å². The number of hydrogen-bond donors (Lipinski definition) is 2. The van der Waals surface area contributed by atoms with Crippen LogP contribution in [0.4, 0.5) is 11.4 Å². The molecule has 38 heavy (non-hydrogen) atoms. The Kier molecular flexibility index (Phi) is 7.99. The Morgan fingerprint density at radius 1 is 0.632 bits per heavy atom. The third-order valence-electron chi connectivity index (χ3n) is 7.08. The van der Waals surface area contributed by atoms with Gasteiger partial charge in [-0.2, -0.15) is 0 Å². The fraction of sp³-hybridized carbons (Fsp3) is 0.300. The first-order valence-corrected chi connectivity index (χ1v) is 13.2. The summed E-state index contributed by atoms with van der Waals surface area (Å²) in [4.78, 5) is 45.3. The zero-order valence-corrected chi connectivity index (χ0v) is 21.4. The Labute approximate surface area is 223 Å². The zero-order valence-electron chi connectivity index (χ0n) is 21.4. The first-order valence-electron chi connectivity index (χ1n) is 13.2. The first-order chi connectivity index (χ1) is 18.6. The van der Waals surface area contributed by atoms with E-state index in [1.807, 2.05) is 70.5 Å². The molecule has 0 radical (unpaired) electrons. The summed E-state index contributed by atoms with van der Waals surface area (Å²) in [7, 11) is 0. The molecule has 2 aliphatic heterocycles. The van der Waals surface area contributed by atoms with Crippen LogP contribution in [0.3, 0.4) is 0 Å². The van der Waals surface area contributed by atoms with Crippen molar-refractivity contribution in [3.63, 3.8) is 0 Å². The van der Waals surface area contributed by atoms with Crippen molar-refractivity contribution in [3.05, 3.63) is 95.6 Å². The van der Waals surface area contributed by atoms with Crippen LogP contribution in [0.5, 0.6) is 0 Å². The lowest BCUT2D eigenvalue weighted by atomic mass is 10.1. The number of anilines is 2. The van der Waals surface area contributed by atoms with Crippen molar-refractivity contribution in [2.24, 2.45) is 0 Å². The lowest BCUT2D eigenvalue weighted by Crippen LogP contribution is -2.46. The minimum Gasteiger partial charge on any atom is -0.368 e. The van der Waals surface area contributed by atoms with Crippen LogP contribution >= 0.6 is 0 Å². The van der Waals surface area contributed by atoms with Crippen molar-refractivity contribution in [3.8, 4) is 0 Å². The molecule has 3 amide bonds. The maximum Gasteiger partial charge on any atom is 0.255 e. The molecule has 8 nitrogen and oxygen atoms in total. The number of piperazine rings is 1. The van der Waals surface area contributed by atoms with Gasteiger partial charge in [0.1, 0.15) is 0 Å². The van der Waals surface area contributed by atoms with Gasteiger partial charge in [0, 0.05) is 69.0 Å². The van der Waals surface area contributed by atoms with Gasteiger partial charge in [0.25, 0.3) is 17.7 Å². The van der Waals surface area contributed by atoms with Crippen LogP contribution < -0.4 is 15.5 Å². The summed E-state index contributed by atoms with van der Waals surface area (Å²) in [5.74, 6) is -0.236. The van der Waals surface area contributed by atoms with Crippen molar-refractivity contribution in [1.29, 1.82) is 0 Å². The van der Waals surface area contributed by atoms with Gasteiger partial charge in [0.2, 0.25) is 0 Å². The normalized spacial score (nSPS) is 16.1. The Hall–Kier alpha value is -4.17. The molecule has 0 aliphatic carbocycles. The minimum atomic E-state index is -0.227. The second kappa shape index (κ2) is 11.9. The number of rotatable bonds is 5. The van der Waals surface area contributed by atoms with Crippen LogP contribution in [-0.4, -0.2) is 79.9 Å². The average molecular weight is 512 g/mol. The SMILES string of the molecule is O=C(Nc1cc(C(=O)N2CCNCC2)ccc1N1CCCN(C(=O)c2ccccc2)CC1)c1ccccc1. The highest BCUT2D eigenvalue weighted by Crippen LogP contribution is 2.30. The van der Waals surface area contributed by atoms with Crippen molar-refractivity contribution in [2.45, 2.75) is 6.42 Å². The van der Waals surface area contributed by atoms with Gasteiger partial charge in [-0.1, -0.05) is 36.4 Å². The molecule has 0 atom stereocenters. The predicted octanol–water partition coefficient (Wildman–Crippen LogP) is 3.34. The van der Waals surface area contributed by atoms with Crippen LogP contribution in [0.1, 0.15) is 37.5 Å². The first kappa shape index (κ1) is 25.5. The summed E-state index contributed by atoms with van der Waals surface area (Å²) in [6.07, 6.45) is 0.798. The monoisotopic (exact) mass is 511 g/mol. The van der Waals surface area contributed by atoms with Crippen molar-refractivity contribution in [1.82, 2.24) is 15.1 Å². The van der Waals surface area contributed by atoms with Crippen LogP contribution in [0.15, 0.2) is 78.9 Å². The van der Waals surface area contributed by atoms with Gasteiger partial charge in [0.05, 0.1) is 11.4 Å². The van der Waals surface area contributed by atoms with Gasteiger partial charge in [-0.15, -0.1) is 0 Å². The largest absolute Gasteiger partial charge is 0.368 e. The van der Waals surface area contributed by atoms with Crippen molar-refractivity contribution in [2.75, 3.05) is 62.6 Å². The molecule has 8 heteroatoms. The van der Waals surface area contributed by atoms with Gasteiger partial charge in [-0.3, -0.25) is 14.4 Å². The summed E-state index contributed by atoms with van der Waals surface area (Å²) in [6, 6.07) is 24.0. The Morgan fingerprint density at radius 3 is 1.97 bits per heavy atom. The number of carbonyl (C=O) groups excluding carboxylic acids is 3. The van der Waals surface area contributed by atoms with Crippen LogP contribution in [0.2, 0.25) is 0 Å². The highest BCUT2D eigenvalue weighted by molar-refractivity contribution is 6.07. The predicted molar refractivity (Wildman–Crippen MR) is 149 cm³/mol. The summed E-state index contributed by atoms with van der Waals surface area (Å²) in [5.41, 5.74) is 3.23. The van der Waals surface area contributed by atoms with E-state index in [1.165, 1.54) is 0 Å². The van der Waals surface area contributed by atoms with Crippen molar-refractivity contribution >= 4 is 29.1 Å². The van der Waals surface area contributed by atoms with Crippen molar-refractivity contribution < 1.29 is 14.4 Å². The Balaban J connectivity index is 1.39. The van der Waals surface area contributed by atoms with E-state index < -0.39 is 0 Å². The fourth-order valence-electron chi connectivity index (χ4n) is 5.00. The molecule has 0 aromatic heterocycles. The van der Waals surface area contributed by atoms with E-state index >= 15 is 0 Å². The molecular weight excluding hydrogens is 478 g/mol. The second-order valence-corrected chi connectivity index (χ2v) is 9.59. The van der Waals surface area contributed by atoms with E-state index in [9.17, 15) is 14.4 Å². The zero-order chi connectivity index (χ0) is 26.3. The van der Waals surface area contributed by atoms with Crippen LogP contribution in [0.25, 0.3) is 0 Å². The summed E-state index contributed by atoms with van der Waals surface area (Å²) >= 11 is 0. The third-order valence-corrected chi connectivity index (χ3v) is 7.08.